The second kappa shape index (κ2) is 18.9. The molecule has 3 aromatic rings. The molecule has 0 saturated heterocycles. The molecule has 9 nitrogen and oxygen atoms in total. The summed E-state index contributed by atoms with van der Waals surface area (Å²) in [4.78, 5) is 35.4. The van der Waals surface area contributed by atoms with E-state index in [1.165, 1.54) is 25.0 Å². The van der Waals surface area contributed by atoms with Crippen molar-refractivity contribution in [3.63, 3.8) is 0 Å². The monoisotopic (exact) mass is 617 g/mol. The Labute approximate surface area is 265 Å². The number of nitro groups is 1. The second-order valence-corrected chi connectivity index (χ2v) is 10.8. The van der Waals surface area contributed by atoms with Gasteiger partial charge in [-0.3, -0.25) is 10.1 Å². The highest BCUT2D eigenvalue weighted by Crippen LogP contribution is 2.33. The van der Waals surface area contributed by atoms with Crippen molar-refractivity contribution in [1.82, 2.24) is 0 Å². The summed E-state index contributed by atoms with van der Waals surface area (Å²) < 4.78 is 22.0. The molecular weight excluding hydrogens is 574 g/mol. The Kier molecular flexibility index (Phi) is 14.6. The van der Waals surface area contributed by atoms with Crippen molar-refractivity contribution in [2.45, 2.75) is 71.6 Å². The van der Waals surface area contributed by atoms with E-state index in [2.05, 4.69) is 13.5 Å². The molecule has 0 amide bonds. The normalized spacial score (nSPS) is 10.6. The van der Waals surface area contributed by atoms with Gasteiger partial charge in [-0.25, -0.2) is 9.59 Å². The first-order valence-electron chi connectivity index (χ1n) is 15.6. The smallest absolute Gasteiger partial charge is 0.343 e. The van der Waals surface area contributed by atoms with Gasteiger partial charge in [-0.2, -0.15) is 0 Å². The van der Waals surface area contributed by atoms with Crippen LogP contribution in [0.1, 0.15) is 82.0 Å². The molecule has 9 heteroatoms. The van der Waals surface area contributed by atoms with Crippen molar-refractivity contribution in [2.24, 2.45) is 0 Å². The van der Waals surface area contributed by atoms with Crippen molar-refractivity contribution < 1.29 is 33.5 Å². The van der Waals surface area contributed by atoms with Gasteiger partial charge in [0, 0.05) is 11.6 Å². The second-order valence-electron chi connectivity index (χ2n) is 10.8. The van der Waals surface area contributed by atoms with Crippen molar-refractivity contribution in [3.05, 3.63) is 94.6 Å². The van der Waals surface area contributed by atoms with Gasteiger partial charge < -0.3 is 18.9 Å². The molecule has 0 saturated carbocycles. The predicted molar refractivity (Wildman–Crippen MR) is 174 cm³/mol. The van der Waals surface area contributed by atoms with E-state index in [0.29, 0.717) is 36.7 Å². The Bertz CT molecular complexity index is 1400. The van der Waals surface area contributed by atoms with Gasteiger partial charge in [-0.1, -0.05) is 70.2 Å². The third-order valence-corrected chi connectivity index (χ3v) is 7.04. The number of ether oxygens (including phenoxy) is 4. The minimum atomic E-state index is -0.702. The average molecular weight is 618 g/mol. The van der Waals surface area contributed by atoms with Crippen molar-refractivity contribution in [2.75, 3.05) is 19.8 Å². The van der Waals surface area contributed by atoms with Crippen molar-refractivity contribution in [1.29, 1.82) is 0 Å². The fourth-order valence-corrected chi connectivity index (χ4v) is 4.45. The molecule has 0 bridgehead atoms. The SMILES string of the molecule is C=C(C)C(=O)OCCCCCCCOc1ccc(C(=O)Oc2ccc(-c3ccc(OCCCCCC)cc3)cc2[N+](=O)[O-])cc1. The van der Waals surface area contributed by atoms with E-state index in [4.69, 9.17) is 18.9 Å². The lowest BCUT2D eigenvalue weighted by Crippen LogP contribution is -2.10. The van der Waals surface area contributed by atoms with Gasteiger partial charge in [-0.05, 0) is 79.8 Å². The molecule has 0 aliphatic carbocycles. The number of nitrogens with zero attached hydrogens (tertiary/aromatic N) is 1. The van der Waals surface area contributed by atoms with Crippen LogP contribution < -0.4 is 14.2 Å². The highest BCUT2D eigenvalue weighted by atomic mass is 16.6. The minimum absolute atomic E-state index is 0.130. The van der Waals surface area contributed by atoms with E-state index in [0.717, 1.165) is 56.3 Å². The van der Waals surface area contributed by atoms with Crippen LogP contribution in [0.2, 0.25) is 0 Å². The van der Waals surface area contributed by atoms with Crippen LogP contribution in [-0.4, -0.2) is 36.7 Å². The summed E-state index contributed by atoms with van der Waals surface area (Å²) in [6.45, 7) is 8.93. The summed E-state index contributed by atoms with van der Waals surface area (Å²) in [5.41, 5.74) is 1.76. The van der Waals surface area contributed by atoms with E-state index in [1.807, 2.05) is 24.3 Å². The molecule has 0 spiro atoms. The van der Waals surface area contributed by atoms with Gasteiger partial charge in [0.2, 0.25) is 5.75 Å². The van der Waals surface area contributed by atoms with Gasteiger partial charge in [0.1, 0.15) is 11.5 Å². The number of hydrogen-bond acceptors (Lipinski definition) is 8. The molecule has 3 rings (SSSR count). The molecule has 0 N–H and O–H groups in total. The Balaban J connectivity index is 1.45. The number of benzene rings is 3. The number of esters is 2. The van der Waals surface area contributed by atoms with Crippen LogP contribution in [0.25, 0.3) is 11.1 Å². The van der Waals surface area contributed by atoms with Gasteiger partial charge in [0.25, 0.3) is 0 Å². The first-order chi connectivity index (χ1) is 21.8. The van der Waals surface area contributed by atoms with E-state index < -0.39 is 10.9 Å². The summed E-state index contributed by atoms with van der Waals surface area (Å²) >= 11 is 0. The number of rotatable bonds is 20. The maximum absolute atomic E-state index is 12.8. The predicted octanol–water partition coefficient (Wildman–Crippen LogP) is 8.89. The largest absolute Gasteiger partial charge is 0.494 e. The fraction of sp³-hybridized carbons (Fsp3) is 0.389. The van der Waals surface area contributed by atoms with Crippen LogP contribution in [0, 0.1) is 10.1 Å². The summed E-state index contributed by atoms with van der Waals surface area (Å²) in [5.74, 6) is 0.178. The summed E-state index contributed by atoms with van der Waals surface area (Å²) in [6, 6.07) is 18.4. The topological polar surface area (TPSA) is 114 Å². The molecule has 240 valence electrons. The van der Waals surface area contributed by atoms with Crippen LogP contribution in [0.3, 0.4) is 0 Å². The molecule has 0 aliphatic rings. The molecular formula is C36H43NO8. The zero-order valence-electron chi connectivity index (χ0n) is 26.3. The molecule has 0 fully saturated rings. The number of carbonyl (C=O) groups excluding carboxylic acids is 2. The number of carbonyl (C=O) groups is 2. The molecule has 0 radical (unpaired) electrons. The molecule has 45 heavy (non-hydrogen) atoms. The van der Waals surface area contributed by atoms with Gasteiger partial charge in [0.15, 0.2) is 0 Å². The maximum atomic E-state index is 12.8. The molecule has 0 unspecified atom stereocenters. The molecule has 0 atom stereocenters. The first kappa shape index (κ1) is 34.8. The summed E-state index contributed by atoms with van der Waals surface area (Å²) in [5, 5.41) is 11.8. The maximum Gasteiger partial charge on any atom is 0.343 e. The highest BCUT2D eigenvalue weighted by molar-refractivity contribution is 5.92. The van der Waals surface area contributed by atoms with Gasteiger partial charge >= 0.3 is 17.6 Å². The van der Waals surface area contributed by atoms with E-state index in [1.54, 1.807) is 37.3 Å². The Hall–Kier alpha value is -4.66. The third kappa shape index (κ3) is 12.1. The van der Waals surface area contributed by atoms with E-state index >= 15 is 0 Å². The quantitative estimate of drug-likeness (QED) is 0.0308. The Morgan fingerprint density at radius 1 is 0.733 bits per heavy atom. The summed E-state index contributed by atoms with van der Waals surface area (Å²) in [7, 11) is 0. The standard InChI is InChI=1S/C36H43NO8/c1-4-5-6-10-23-42-31-18-13-28(14-19-31)30-17-22-34(33(26-30)37(40)41)45-36(39)29-15-20-32(21-16-29)43-24-11-8-7-9-12-25-44-35(38)27(2)3/h13-22,26H,2,4-12,23-25H2,1,3H3. The van der Waals surface area contributed by atoms with Crippen molar-refractivity contribution in [3.8, 4) is 28.4 Å². The number of nitro benzene ring substituents is 1. The zero-order valence-corrected chi connectivity index (χ0v) is 26.3. The number of hydrogen-bond donors (Lipinski definition) is 0. The van der Waals surface area contributed by atoms with Crippen LogP contribution in [0.15, 0.2) is 78.9 Å². The lowest BCUT2D eigenvalue weighted by molar-refractivity contribution is -0.385. The van der Waals surface area contributed by atoms with Crippen LogP contribution >= 0.6 is 0 Å². The molecule has 0 heterocycles. The van der Waals surface area contributed by atoms with Gasteiger partial charge in [-0.15, -0.1) is 0 Å². The lowest BCUT2D eigenvalue weighted by Gasteiger charge is -2.10. The first-order valence-corrected chi connectivity index (χ1v) is 15.6. The molecule has 0 aromatic heterocycles. The van der Waals surface area contributed by atoms with E-state index in [9.17, 15) is 19.7 Å². The Morgan fingerprint density at radius 3 is 1.84 bits per heavy atom. The lowest BCUT2D eigenvalue weighted by atomic mass is 10.0. The van der Waals surface area contributed by atoms with E-state index in [-0.39, 0.29) is 23.0 Å². The van der Waals surface area contributed by atoms with Crippen LogP contribution in [0.4, 0.5) is 5.69 Å². The average Bonchev–Trinajstić information content (AvgIpc) is 3.04. The van der Waals surface area contributed by atoms with Gasteiger partial charge in [0.05, 0.1) is 30.3 Å². The highest BCUT2D eigenvalue weighted by Gasteiger charge is 2.20. The van der Waals surface area contributed by atoms with Crippen LogP contribution in [0.5, 0.6) is 17.2 Å². The molecule has 0 aliphatic heterocycles. The minimum Gasteiger partial charge on any atom is -0.494 e. The summed E-state index contributed by atoms with van der Waals surface area (Å²) in [6.07, 6.45) is 9.13. The zero-order chi connectivity index (χ0) is 32.4. The van der Waals surface area contributed by atoms with Crippen molar-refractivity contribution >= 4 is 17.6 Å². The number of unbranched alkanes of at least 4 members (excludes halogenated alkanes) is 7. The Morgan fingerprint density at radius 2 is 1.27 bits per heavy atom. The molecule has 3 aromatic carbocycles. The fourth-order valence-electron chi connectivity index (χ4n) is 4.45. The van der Waals surface area contributed by atoms with Crippen LogP contribution in [-0.2, 0) is 9.53 Å². The third-order valence-electron chi connectivity index (χ3n) is 7.04.